The van der Waals surface area contributed by atoms with Crippen LogP contribution in [0.3, 0.4) is 0 Å². The summed E-state index contributed by atoms with van der Waals surface area (Å²) in [6, 6.07) is 3.95. The third-order valence-corrected chi connectivity index (χ3v) is 4.34. The molecule has 0 amide bonds. The summed E-state index contributed by atoms with van der Waals surface area (Å²) in [5.41, 5.74) is 1.53. The lowest BCUT2D eigenvalue weighted by atomic mass is 10.2. The first kappa shape index (κ1) is 16.5. The fraction of sp³-hybridized carbons (Fsp3) is 0.533. The van der Waals surface area contributed by atoms with E-state index < -0.39 is 5.82 Å². The van der Waals surface area contributed by atoms with Crippen molar-refractivity contribution in [2.75, 3.05) is 6.54 Å². The van der Waals surface area contributed by atoms with Crippen LogP contribution >= 0.6 is 23.8 Å². The van der Waals surface area contributed by atoms with Crippen molar-refractivity contribution in [1.29, 1.82) is 0 Å². The van der Waals surface area contributed by atoms with Gasteiger partial charge in [-0.05, 0) is 46.0 Å². The summed E-state index contributed by atoms with van der Waals surface area (Å²) in [6.07, 6.45) is 0. The second kappa shape index (κ2) is 6.46. The summed E-state index contributed by atoms with van der Waals surface area (Å²) >= 11 is 11.2. The van der Waals surface area contributed by atoms with E-state index in [2.05, 4.69) is 37.6 Å². The lowest BCUT2D eigenvalue weighted by molar-refractivity contribution is 0.168. The van der Waals surface area contributed by atoms with E-state index in [0.29, 0.717) is 22.4 Å². The van der Waals surface area contributed by atoms with Crippen molar-refractivity contribution in [2.24, 2.45) is 0 Å². The minimum Gasteiger partial charge on any atom is -0.330 e. The molecule has 0 unspecified atom stereocenters. The Hall–Kier alpha value is -0.910. The minimum atomic E-state index is -0.432. The van der Waals surface area contributed by atoms with Crippen LogP contribution < -0.4 is 0 Å². The Balaban J connectivity index is 2.32. The highest BCUT2D eigenvalue weighted by Crippen LogP contribution is 2.23. The van der Waals surface area contributed by atoms with Gasteiger partial charge in [0.15, 0.2) is 4.77 Å². The Morgan fingerprint density at radius 3 is 2.48 bits per heavy atom. The molecule has 0 bridgehead atoms. The summed E-state index contributed by atoms with van der Waals surface area (Å²) in [4.78, 5) is 5.43. The van der Waals surface area contributed by atoms with Crippen molar-refractivity contribution in [3.63, 3.8) is 0 Å². The number of imidazole rings is 1. The van der Waals surface area contributed by atoms with Gasteiger partial charge in [-0.3, -0.25) is 4.90 Å². The van der Waals surface area contributed by atoms with Crippen LogP contribution in [0.4, 0.5) is 4.39 Å². The lowest BCUT2D eigenvalue weighted by Gasteiger charge is -2.30. The zero-order valence-electron chi connectivity index (χ0n) is 12.8. The van der Waals surface area contributed by atoms with Crippen LogP contribution in [0.25, 0.3) is 11.0 Å². The van der Waals surface area contributed by atoms with Crippen LogP contribution in [0.1, 0.15) is 27.7 Å². The Morgan fingerprint density at radius 1 is 1.29 bits per heavy atom. The number of rotatable bonds is 5. The number of halogens is 2. The van der Waals surface area contributed by atoms with E-state index in [1.54, 1.807) is 6.07 Å². The molecule has 0 spiro atoms. The monoisotopic (exact) mass is 329 g/mol. The number of benzene rings is 1. The third-order valence-electron chi connectivity index (χ3n) is 3.72. The standard InChI is InChI=1S/C15H21ClFN3S/c1-9(2)19(10(3)4)5-6-20-14-7-11(16)12(17)8-13(14)18-15(20)21/h7-10H,5-6H2,1-4H3,(H,18,21). The number of fused-ring (bicyclic) bond motifs is 1. The van der Waals surface area contributed by atoms with E-state index in [1.165, 1.54) is 6.07 Å². The van der Waals surface area contributed by atoms with Gasteiger partial charge >= 0.3 is 0 Å². The van der Waals surface area contributed by atoms with Gasteiger partial charge in [-0.2, -0.15) is 0 Å². The largest absolute Gasteiger partial charge is 0.330 e. The van der Waals surface area contributed by atoms with Gasteiger partial charge in [0.05, 0.1) is 16.1 Å². The van der Waals surface area contributed by atoms with Gasteiger partial charge in [-0.1, -0.05) is 11.6 Å². The van der Waals surface area contributed by atoms with Crippen molar-refractivity contribution in [3.05, 3.63) is 27.7 Å². The smallest absolute Gasteiger partial charge is 0.178 e. The van der Waals surface area contributed by atoms with Gasteiger partial charge in [0.2, 0.25) is 0 Å². The summed E-state index contributed by atoms with van der Waals surface area (Å²) in [5, 5.41) is 0.120. The predicted molar refractivity (Wildman–Crippen MR) is 89.1 cm³/mol. The van der Waals surface area contributed by atoms with Crippen LogP contribution in [0, 0.1) is 10.6 Å². The predicted octanol–water partition coefficient (Wildman–Crippen LogP) is 4.61. The molecule has 0 fully saturated rings. The average molecular weight is 330 g/mol. The molecule has 2 rings (SSSR count). The van der Waals surface area contributed by atoms with E-state index >= 15 is 0 Å². The lowest BCUT2D eigenvalue weighted by Crippen LogP contribution is -2.39. The first-order valence-electron chi connectivity index (χ1n) is 7.14. The Labute approximate surface area is 134 Å². The molecule has 21 heavy (non-hydrogen) atoms. The van der Waals surface area contributed by atoms with Gasteiger partial charge in [0.1, 0.15) is 5.82 Å². The van der Waals surface area contributed by atoms with Crippen molar-refractivity contribution in [2.45, 2.75) is 46.3 Å². The summed E-state index contributed by atoms with van der Waals surface area (Å²) in [7, 11) is 0. The van der Waals surface area contributed by atoms with Gasteiger partial charge in [-0.15, -0.1) is 0 Å². The van der Waals surface area contributed by atoms with Gasteiger partial charge < -0.3 is 9.55 Å². The Bertz CT molecular complexity index is 682. The van der Waals surface area contributed by atoms with Crippen molar-refractivity contribution >= 4 is 34.9 Å². The number of nitrogens with one attached hydrogen (secondary N) is 1. The first-order chi connectivity index (χ1) is 9.81. The zero-order chi connectivity index (χ0) is 15.7. The molecule has 1 aromatic heterocycles. The van der Waals surface area contributed by atoms with Gasteiger partial charge in [-0.25, -0.2) is 4.39 Å². The number of nitrogens with zero attached hydrogens (tertiary/aromatic N) is 2. The highest BCUT2D eigenvalue weighted by atomic mass is 35.5. The molecule has 0 aliphatic rings. The molecule has 1 heterocycles. The van der Waals surface area contributed by atoms with Crippen molar-refractivity contribution in [1.82, 2.24) is 14.5 Å². The topological polar surface area (TPSA) is 24.0 Å². The molecule has 3 nitrogen and oxygen atoms in total. The van der Waals surface area contributed by atoms with E-state index in [9.17, 15) is 4.39 Å². The molecule has 0 aliphatic carbocycles. The molecule has 6 heteroatoms. The van der Waals surface area contributed by atoms with Gasteiger partial charge in [0, 0.05) is 31.2 Å². The highest BCUT2D eigenvalue weighted by Gasteiger charge is 2.15. The Kier molecular flexibility index (Phi) is 5.07. The summed E-state index contributed by atoms with van der Waals surface area (Å²) < 4.78 is 16.1. The average Bonchev–Trinajstić information content (AvgIpc) is 2.65. The van der Waals surface area contributed by atoms with E-state index in [1.807, 2.05) is 4.57 Å². The van der Waals surface area contributed by atoms with E-state index in [4.69, 9.17) is 23.8 Å². The maximum absolute atomic E-state index is 13.5. The number of hydrogen-bond acceptors (Lipinski definition) is 2. The van der Waals surface area contributed by atoms with Crippen LogP contribution in [-0.2, 0) is 6.54 Å². The van der Waals surface area contributed by atoms with Crippen LogP contribution in [0.15, 0.2) is 12.1 Å². The molecule has 0 aliphatic heterocycles. The van der Waals surface area contributed by atoms with Crippen LogP contribution in [0.2, 0.25) is 5.02 Å². The molecule has 0 saturated heterocycles. The number of aromatic nitrogens is 2. The maximum atomic E-state index is 13.5. The first-order valence-corrected chi connectivity index (χ1v) is 7.93. The Morgan fingerprint density at radius 2 is 1.90 bits per heavy atom. The second-order valence-corrected chi connectivity index (χ2v) is 6.58. The minimum absolute atomic E-state index is 0.120. The van der Waals surface area contributed by atoms with Crippen LogP contribution in [0.5, 0.6) is 0 Å². The normalized spacial score (nSPS) is 12.2. The molecule has 116 valence electrons. The third kappa shape index (κ3) is 3.47. The van der Waals surface area contributed by atoms with Gasteiger partial charge in [0.25, 0.3) is 0 Å². The van der Waals surface area contributed by atoms with E-state index in [0.717, 1.165) is 18.6 Å². The van der Waals surface area contributed by atoms with Crippen molar-refractivity contribution < 1.29 is 4.39 Å². The SMILES string of the molecule is CC(C)N(CCn1c(=S)[nH]c2cc(F)c(Cl)cc21)C(C)C. The molecule has 2 aromatic rings. The molecule has 1 N–H and O–H groups in total. The van der Waals surface area contributed by atoms with E-state index in [-0.39, 0.29) is 5.02 Å². The maximum Gasteiger partial charge on any atom is 0.178 e. The molecule has 0 atom stereocenters. The molecule has 0 saturated carbocycles. The molecular formula is C15H21ClFN3S. The summed E-state index contributed by atoms with van der Waals surface area (Å²) in [5.74, 6) is -0.432. The highest BCUT2D eigenvalue weighted by molar-refractivity contribution is 7.71. The quantitative estimate of drug-likeness (QED) is 0.810. The number of hydrogen-bond donors (Lipinski definition) is 1. The number of H-pyrrole nitrogens is 1. The molecule has 0 radical (unpaired) electrons. The number of aromatic amines is 1. The fourth-order valence-corrected chi connectivity index (χ4v) is 3.16. The summed E-state index contributed by atoms with van der Waals surface area (Å²) in [6.45, 7) is 10.4. The van der Waals surface area contributed by atoms with Crippen molar-refractivity contribution in [3.8, 4) is 0 Å². The second-order valence-electron chi connectivity index (χ2n) is 5.79. The van der Waals surface area contributed by atoms with Crippen LogP contribution in [-0.4, -0.2) is 33.1 Å². The zero-order valence-corrected chi connectivity index (χ0v) is 14.4. The molecule has 1 aromatic carbocycles. The fourth-order valence-electron chi connectivity index (χ4n) is 2.70. The molecular weight excluding hydrogens is 309 g/mol.